The molecule has 3 nitrogen and oxygen atoms in total. The Morgan fingerprint density at radius 2 is 2.29 bits per heavy atom. The van der Waals surface area contributed by atoms with Gasteiger partial charge >= 0.3 is 5.97 Å². The fourth-order valence-electron chi connectivity index (χ4n) is 2.17. The van der Waals surface area contributed by atoms with Crippen LogP contribution in [0.1, 0.15) is 25.3 Å². The molecule has 1 fully saturated rings. The Kier molecular flexibility index (Phi) is 2.45. The summed E-state index contributed by atoms with van der Waals surface area (Å²) in [5.41, 5.74) is 0.286. The van der Waals surface area contributed by atoms with Gasteiger partial charge in [0.2, 0.25) is 0 Å². The first-order valence-electron chi connectivity index (χ1n) is 8.23. The molecule has 17 heavy (non-hydrogen) atoms. The van der Waals surface area contributed by atoms with E-state index in [-0.39, 0.29) is 53.7 Å². The second kappa shape index (κ2) is 5.82. The van der Waals surface area contributed by atoms with Gasteiger partial charge in [-0.15, -0.1) is 0 Å². The number of hydrogen-bond donors (Lipinski definition) is 1. The molecule has 2 atom stereocenters. The molecule has 2 unspecified atom stereocenters. The molecule has 3 heteroatoms. The smallest absolute Gasteiger partial charge is 0.308 e. The third kappa shape index (κ3) is 3.30. The summed E-state index contributed by atoms with van der Waals surface area (Å²) < 4.78 is 43.6. The molecule has 0 amide bonds. The summed E-state index contributed by atoms with van der Waals surface area (Å²) >= 11 is 0. The van der Waals surface area contributed by atoms with Crippen molar-refractivity contribution in [3.63, 3.8) is 0 Å². The Morgan fingerprint density at radius 1 is 1.53 bits per heavy atom. The summed E-state index contributed by atoms with van der Waals surface area (Å²) in [6.07, 6.45) is 1.52. The lowest BCUT2D eigenvalue weighted by Gasteiger charge is -2.28. The van der Waals surface area contributed by atoms with Crippen LogP contribution in [-0.4, -0.2) is 25.7 Å². The van der Waals surface area contributed by atoms with Crippen molar-refractivity contribution in [3.05, 3.63) is 35.8 Å². The minimum absolute atomic E-state index is 0.110. The van der Waals surface area contributed by atoms with Gasteiger partial charge in [0.1, 0.15) is 0 Å². The number of carbonyl (C=O) groups excluding carboxylic acids is 1. The predicted molar refractivity (Wildman–Crippen MR) is 66.7 cm³/mol. The number of esters is 1. The first kappa shape index (κ1) is 7.17. The average molecular weight is 238 g/mol. The van der Waals surface area contributed by atoms with E-state index in [0.717, 1.165) is 0 Å². The first-order chi connectivity index (χ1) is 10.4. The third-order valence-corrected chi connectivity index (χ3v) is 3.03. The lowest BCUT2D eigenvalue weighted by molar-refractivity contribution is -0.146. The number of ether oxygens (including phenoxy) is 1. The highest BCUT2D eigenvalue weighted by molar-refractivity contribution is 5.72. The van der Waals surface area contributed by atoms with E-state index >= 15 is 0 Å². The van der Waals surface area contributed by atoms with Crippen molar-refractivity contribution in [1.82, 2.24) is 5.32 Å². The molecule has 2 rings (SSSR count). The van der Waals surface area contributed by atoms with E-state index in [1.165, 1.54) is 7.11 Å². The molecule has 1 aliphatic rings. The van der Waals surface area contributed by atoms with Crippen LogP contribution in [0.25, 0.3) is 0 Å². The summed E-state index contributed by atoms with van der Waals surface area (Å²) in [5, 5.41) is 3.24. The SMILES string of the molecule is [2H]c1c([2H])c([2H])c(CC2CC(C(=O)OC)CCN2)c([2H])c1[2H]. The number of piperidine rings is 1. The maximum absolute atomic E-state index is 11.6. The van der Waals surface area contributed by atoms with Gasteiger partial charge in [0.15, 0.2) is 0 Å². The van der Waals surface area contributed by atoms with Crippen molar-refractivity contribution >= 4 is 5.97 Å². The number of benzene rings is 1. The van der Waals surface area contributed by atoms with Gasteiger partial charge < -0.3 is 10.1 Å². The monoisotopic (exact) mass is 238 g/mol. The minimum Gasteiger partial charge on any atom is -0.469 e. The summed E-state index contributed by atoms with van der Waals surface area (Å²) in [5.74, 6) is -0.464. The van der Waals surface area contributed by atoms with Crippen LogP contribution in [0.15, 0.2) is 30.2 Å². The van der Waals surface area contributed by atoms with Crippen LogP contribution in [0.2, 0.25) is 0 Å². The molecule has 1 aromatic carbocycles. The number of methoxy groups -OCH3 is 1. The van der Waals surface area contributed by atoms with Gasteiger partial charge in [0.25, 0.3) is 0 Å². The topological polar surface area (TPSA) is 38.3 Å². The van der Waals surface area contributed by atoms with Gasteiger partial charge in [-0.1, -0.05) is 30.2 Å². The molecule has 92 valence electrons. The third-order valence-electron chi connectivity index (χ3n) is 3.03. The van der Waals surface area contributed by atoms with Gasteiger partial charge in [-0.2, -0.15) is 0 Å². The molecule has 0 radical (unpaired) electrons. The summed E-state index contributed by atoms with van der Waals surface area (Å²) in [4.78, 5) is 11.6. The summed E-state index contributed by atoms with van der Waals surface area (Å²) in [7, 11) is 1.36. The molecule has 0 aliphatic carbocycles. The van der Waals surface area contributed by atoms with Crippen molar-refractivity contribution in [2.45, 2.75) is 25.3 Å². The minimum atomic E-state index is -0.386. The van der Waals surface area contributed by atoms with Crippen LogP contribution < -0.4 is 5.32 Å². The van der Waals surface area contributed by atoms with E-state index in [2.05, 4.69) is 5.32 Å². The van der Waals surface area contributed by atoms with Crippen molar-refractivity contribution in [1.29, 1.82) is 0 Å². The summed E-state index contributed by atoms with van der Waals surface area (Å²) in [6.45, 7) is 0.642. The lowest BCUT2D eigenvalue weighted by atomic mass is 9.89. The standard InChI is InChI=1S/C14H19NO2/c1-17-14(16)12-7-8-15-13(10-12)9-11-5-3-2-4-6-11/h2-6,12-13,15H,7-10H2,1H3/i2D,3D,4D,5D,6D. The van der Waals surface area contributed by atoms with E-state index in [4.69, 9.17) is 11.6 Å². The lowest BCUT2D eigenvalue weighted by Crippen LogP contribution is -2.42. The normalized spacial score (nSPS) is 28.4. The molecule has 1 heterocycles. The van der Waals surface area contributed by atoms with E-state index < -0.39 is 0 Å². The van der Waals surface area contributed by atoms with Crippen molar-refractivity contribution in [3.8, 4) is 0 Å². The van der Waals surface area contributed by atoms with Gasteiger partial charge in [0.05, 0.1) is 19.9 Å². The zero-order valence-electron chi connectivity index (χ0n) is 14.8. The zero-order chi connectivity index (χ0) is 16.4. The number of hydrogen-bond acceptors (Lipinski definition) is 3. The van der Waals surface area contributed by atoms with Gasteiger partial charge in [-0.25, -0.2) is 0 Å². The van der Waals surface area contributed by atoms with E-state index in [1.54, 1.807) is 0 Å². The fourth-order valence-corrected chi connectivity index (χ4v) is 2.17. The average Bonchev–Trinajstić information content (AvgIpc) is 2.54. The van der Waals surface area contributed by atoms with Gasteiger partial charge in [-0.05, 0) is 31.4 Å². The molecular weight excluding hydrogens is 214 g/mol. The Hall–Kier alpha value is -1.35. The molecule has 0 spiro atoms. The zero-order valence-corrected chi connectivity index (χ0v) is 9.80. The quantitative estimate of drug-likeness (QED) is 0.816. The number of rotatable bonds is 3. The molecule has 1 aromatic rings. The van der Waals surface area contributed by atoms with Crippen molar-refractivity contribution < 1.29 is 16.4 Å². The molecular formula is C14H19NO2. The van der Waals surface area contributed by atoms with E-state index in [0.29, 0.717) is 25.8 Å². The Balaban J connectivity index is 2.22. The fraction of sp³-hybridized carbons (Fsp3) is 0.500. The Labute approximate surface area is 109 Å². The maximum atomic E-state index is 11.6. The molecule has 0 saturated carbocycles. The molecule has 0 bridgehead atoms. The van der Waals surface area contributed by atoms with Crippen LogP contribution in [0, 0.1) is 5.92 Å². The van der Waals surface area contributed by atoms with Crippen LogP contribution in [0.3, 0.4) is 0 Å². The predicted octanol–water partition coefficient (Wildman–Crippen LogP) is 1.77. The second-order valence-corrected chi connectivity index (χ2v) is 4.20. The number of nitrogens with one attached hydrogen (secondary N) is 1. The molecule has 0 aromatic heterocycles. The maximum Gasteiger partial charge on any atom is 0.308 e. The van der Waals surface area contributed by atoms with E-state index in [9.17, 15) is 4.79 Å². The summed E-state index contributed by atoms with van der Waals surface area (Å²) in [6, 6.07) is -1.49. The highest BCUT2D eigenvalue weighted by Gasteiger charge is 2.27. The molecule has 1 N–H and O–H groups in total. The van der Waals surface area contributed by atoms with Crippen LogP contribution >= 0.6 is 0 Å². The van der Waals surface area contributed by atoms with E-state index in [1.807, 2.05) is 0 Å². The second-order valence-electron chi connectivity index (χ2n) is 4.20. The van der Waals surface area contributed by atoms with Crippen LogP contribution in [-0.2, 0) is 16.0 Å². The highest BCUT2D eigenvalue weighted by Crippen LogP contribution is 2.20. The van der Waals surface area contributed by atoms with Crippen LogP contribution in [0.4, 0.5) is 0 Å². The van der Waals surface area contributed by atoms with Crippen molar-refractivity contribution in [2.75, 3.05) is 13.7 Å². The Bertz CT molecular complexity index is 564. The largest absolute Gasteiger partial charge is 0.469 e. The molecule has 1 saturated heterocycles. The molecule has 1 aliphatic heterocycles. The van der Waals surface area contributed by atoms with Gasteiger partial charge in [0, 0.05) is 6.04 Å². The van der Waals surface area contributed by atoms with Crippen molar-refractivity contribution in [2.24, 2.45) is 5.92 Å². The Morgan fingerprint density at radius 3 is 3.00 bits per heavy atom. The first-order valence-corrected chi connectivity index (χ1v) is 5.73. The highest BCUT2D eigenvalue weighted by atomic mass is 16.5. The van der Waals surface area contributed by atoms with Gasteiger partial charge in [-0.3, -0.25) is 4.79 Å². The number of carbonyl (C=O) groups is 1. The van der Waals surface area contributed by atoms with Crippen LogP contribution in [0.5, 0.6) is 0 Å².